The number of aryl methyl sites for hydroxylation is 1. The predicted octanol–water partition coefficient (Wildman–Crippen LogP) is 17.0. The minimum atomic E-state index is -0.0794. The van der Waals surface area contributed by atoms with Crippen LogP contribution in [0.5, 0.6) is 0 Å². The van der Waals surface area contributed by atoms with E-state index in [1.54, 1.807) is 0 Å². The molecule has 0 amide bonds. The number of rotatable bonds is 8. The summed E-state index contributed by atoms with van der Waals surface area (Å²) in [6.45, 7) is 9.07. The summed E-state index contributed by atoms with van der Waals surface area (Å²) in [4.78, 5) is 7.52. The third-order valence-corrected chi connectivity index (χ3v) is 15.0. The van der Waals surface area contributed by atoms with Gasteiger partial charge in [-0.05, 0) is 163 Å². The normalized spacial score (nSPS) is 12.6. The summed E-state index contributed by atoms with van der Waals surface area (Å²) < 4.78 is 0. The van der Waals surface area contributed by atoms with Crippen molar-refractivity contribution in [1.82, 2.24) is 0 Å². The average Bonchev–Trinajstić information content (AvgIpc) is 3.43. The van der Waals surface area contributed by atoms with Gasteiger partial charge in [0.25, 0.3) is 6.71 Å². The molecule has 0 fully saturated rings. The van der Waals surface area contributed by atoms with Gasteiger partial charge in [-0.3, -0.25) is 0 Å². The zero-order valence-corrected chi connectivity index (χ0v) is 41.7. The van der Waals surface area contributed by atoms with E-state index in [1.807, 2.05) is 0 Å². The lowest BCUT2D eigenvalue weighted by Gasteiger charge is -2.45. The van der Waals surface area contributed by atoms with Crippen LogP contribution in [0.15, 0.2) is 255 Å². The fourth-order valence-corrected chi connectivity index (χ4v) is 11.5. The number of fused-ring (bicyclic) bond motifs is 5. The largest absolute Gasteiger partial charge is 0.311 e. The van der Waals surface area contributed by atoms with Gasteiger partial charge in [0.05, 0.1) is 5.69 Å². The Morgan fingerprint density at radius 2 is 0.904 bits per heavy atom. The summed E-state index contributed by atoms with van der Waals surface area (Å²) in [5.41, 5.74) is 23.8. The molecule has 13 rings (SSSR count). The van der Waals surface area contributed by atoms with Crippen molar-refractivity contribution in [1.29, 1.82) is 0 Å². The van der Waals surface area contributed by atoms with E-state index in [2.05, 4.69) is 297 Å². The first-order valence-electron chi connectivity index (χ1n) is 25.5. The standard InChI is InChI=1S/C69H54BN3/c1-47-41-66-68-67(42-47)73(63-39-31-52(48-19-9-5-10-20-48)44-60(63)54-30-29-50-23-17-18-24-51(50)43-54)64-40-32-53(49-21-11-6-12-22-49)45-62(64)70(68)61-38-37-59(71(56-25-13-7-14-26-56)57-27-15-8-16-28-57)46-65(61)72(66)58-35-33-55(34-36-58)69(2,3)4/h5-46H,1-4H3. The second-order valence-corrected chi connectivity index (χ2v) is 20.7. The van der Waals surface area contributed by atoms with E-state index in [4.69, 9.17) is 0 Å². The molecule has 0 N–H and O–H groups in total. The van der Waals surface area contributed by atoms with Crippen LogP contribution in [0.1, 0.15) is 31.9 Å². The molecule has 2 aliphatic rings. The van der Waals surface area contributed by atoms with E-state index < -0.39 is 0 Å². The van der Waals surface area contributed by atoms with Crippen LogP contribution < -0.4 is 31.1 Å². The van der Waals surface area contributed by atoms with Crippen molar-refractivity contribution in [3.05, 3.63) is 266 Å². The molecule has 2 heterocycles. The maximum Gasteiger partial charge on any atom is 0.252 e. The Morgan fingerprint density at radius 1 is 0.356 bits per heavy atom. The third kappa shape index (κ3) is 7.78. The molecule has 73 heavy (non-hydrogen) atoms. The van der Waals surface area contributed by atoms with Crippen molar-refractivity contribution in [3.63, 3.8) is 0 Å². The first-order valence-corrected chi connectivity index (χ1v) is 25.5. The summed E-state index contributed by atoms with van der Waals surface area (Å²) >= 11 is 0. The van der Waals surface area contributed by atoms with Crippen LogP contribution in [0.25, 0.3) is 44.2 Å². The monoisotopic (exact) mass is 935 g/mol. The zero-order valence-electron chi connectivity index (χ0n) is 41.7. The molecule has 2 aliphatic heterocycles. The van der Waals surface area contributed by atoms with Crippen LogP contribution >= 0.6 is 0 Å². The van der Waals surface area contributed by atoms with E-state index in [-0.39, 0.29) is 12.1 Å². The molecule has 4 heteroatoms. The number of benzene rings is 11. The number of hydrogen-bond acceptors (Lipinski definition) is 3. The van der Waals surface area contributed by atoms with Gasteiger partial charge in [0.2, 0.25) is 0 Å². The topological polar surface area (TPSA) is 9.72 Å². The molecule has 11 aromatic rings. The van der Waals surface area contributed by atoms with E-state index in [0.29, 0.717) is 0 Å². The molecule has 0 radical (unpaired) electrons. The van der Waals surface area contributed by atoms with Crippen LogP contribution in [0, 0.1) is 6.92 Å². The molecule has 0 aromatic heterocycles. The van der Waals surface area contributed by atoms with Crippen molar-refractivity contribution in [2.24, 2.45) is 0 Å². The molecule has 348 valence electrons. The predicted molar refractivity (Wildman–Crippen MR) is 312 cm³/mol. The molecule has 3 nitrogen and oxygen atoms in total. The van der Waals surface area contributed by atoms with E-state index >= 15 is 0 Å². The van der Waals surface area contributed by atoms with Crippen LogP contribution in [0.4, 0.5) is 51.2 Å². The Bertz CT molecular complexity index is 3810. The molecule has 0 atom stereocenters. The van der Waals surface area contributed by atoms with Gasteiger partial charge in [0.1, 0.15) is 0 Å². The zero-order chi connectivity index (χ0) is 49.2. The summed E-state index contributed by atoms with van der Waals surface area (Å²) in [6.07, 6.45) is 0. The van der Waals surface area contributed by atoms with Crippen molar-refractivity contribution in [2.45, 2.75) is 33.1 Å². The van der Waals surface area contributed by atoms with Crippen molar-refractivity contribution in [2.75, 3.05) is 14.7 Å². The molecular formula is C69H54BN3. The second kappa shape index (κ2) is 17.8. The van der Waals surface area contributed by atoms with Crippen LogP contribution in [0.2, 0.25) is 0 Å². The third-order valence-electron chi connectivity index (χ3n) is 15.0. The van der Waals surface area contributed by atoms with E-state index in [1.165, 1.54) is 94.4 Å². The highest BCUT2D eigenvalue weighted by molar-refractivity contribution is 7.00. The van der Waals surface area contributed by atoms with Crippen LogP contribution in [0.3, 0.4) is 0 Å². The minimum Gasteiger partial charge on any atom is -0.311 e. The average molecular weight is 936 g/mol. The van der Waals surface area contributed by atoms with Crippen molar-refractivity contribution >= 4 is 85.1 Å². The van der Waals surface area contributed by atoms with Crippen molar-refractivity contribution < 1.29 is 0 Å². The van der Waals surface area contributed by atoms with Crippen LogP contribution in [-0.2, 0) is 5.41 Å². The number of para-hydroxylation sites is 2. The highest BCUT2D eigenvalue weighted by Crippen LogP contribution is 2.49. The molecule has 0 saturated heterocycles. The summed E-state index contributed by atoms with van der Waals surface area (Å²) in [6, 6.07) is 94.5. The Labute approximate surface area is 430 Å². The maximum absolute atomic E-state index is 2.58. The van der Waals surface area contributed by atoms with E-state index in [9.17, 15) is 0 Å². The summed E-state index contributed by atoms with van der Waals surface area (Å²) in [5, 5.41) is 2.45. The van der Waals surface area contributed by atoms with E-state index in [0.717, 1.165) is 28.4 Å². The SMILES string of the molecule is Cc1cc2c3c(c1)N(c1ccc(-c4ccccc4)cc1-c1ccc4ccccc4c1)c1ccc(-c4ccccc4)cc1B3c1ccc(N(c3ccccc3)c3ccccc3)cc1N2c1ccc(C(C)(C)C)cc1. The van der Waals surface area contributed by atoms with Gasteiger partial charge in [-0.1, -0.05) is 191 Å². The van der Waals surface area contributed by atoms with Gasteiger partial charge in [0.15, 0.2) is 0 Å². The second-order valence-electron chi connectivity index (χ2n) is 20.7. The van der Waals surface area contributed by atoms with Gasteiger partial charge in [-0.15, -0.1) is 0 Å². The molecular weight excluding hydrogens is 882 g/mol. The Morgan fingerprint density at radius 3 is 1.53 bits per heavy atom. The molecule has 0 aliphatic carbocycles. The molecule has 0 saturated carbocycles. The quantitative estimate of drug-likeness (QED) is 0.141. The highest BCUT2D eigenvalue weighted by atomic mass is 15.2. The first kappa shape index (κ1) is 44.1. The van der Waals surface area contributed by atoms with Gasteiger partial charge in [-0.2, -0.15) is 0 Å². The maximum atomic E-state index is 2.58. The number of hydrogen-bond donors (Lipinski definition) is 0. The Hall–Kier alpha value is -8.86. The van der Waals surface area contributed by atoms with Gasteiger partial charge < -0.3 is 14.7 Å². The number of anilines is 9. The van der Waals surface area contributed by atoms with Crippen molar-refractivity contribution in [3.8, 4) is 33.4 Å². The van der Waals surface area contributed by atoms with Gasteiger partial charge >= 0.3 is 0 Å². The summed E-state index contributed by atoms with van der Waals surface area (Å²) in [7, 11) is 0. The smallest absolute Gasteiger partial charge is 0.252 e. The van der Waals surface area contributed by atoms with Gasteiger partial charge in [-0.25, -0.2) is 0 Å². The lowest BCUT2D eigenvalue weighted by Crippen LogP contribution is -2.61. The molecule has 0 spiro atoms. The summed E-state index contributed by atoms with van der Waals surface area (Å²) in [5.74, 6) is 0. The number of nitrogens with zero attached hydrogens (tertiary/aromatic N) is 3. The van der Waals surface area contributed by atoms with Gasteiger partial charge in [0, 0.05) is 51.1 Å². The molecule has 0 unspecified atom stereocenters. The molecule has 11 aromatic carbocycles. The van der Waals surface area contributed by atoms with Crippen LogP contribution in [-0.4, -0.2) is 6.71 Å². The Balaban J connectivity index is 1.10. The highest BCUT2D eigenvalue weighted by Gasteiger charge is 2.44. The minimum absolute atomic E-state index is 0.00441. The lowest BCUT2D eigenvalue weighted by atomic mass is 9.33. The fourth-order valence-electron chi connectivity index (χ4n) is 11.5. The molecule has 0 bridgehead atoms. The first-order chi connectivity index (χ1) is 35.7. The fraction of sp³-hybridized carbons (Fsp3) is 0.0725. The lowest BCUT2D eigenvalue weighted by molar-refractivity contribution is 0.590. The Kier molecular flexibility index (Phi) is 10.7.